The summed E-state index contributed by atoms with van der Waals surface area (Å²) in [5, 5.41) is 0.165. The molecule has 2 N–H and O–H groups in total. The van der Waals surface area contributed by atoms with Crippen LogP contribution in [-0.4, -0.2) is 20.4 Å². The van der Waals surface area contributed by atoms with E-state index in [1.54, 1.807) is 13.0 Å². The SMILES string of the molecule is Cc1nc(N)sc1S(=O)(=O)N(C)c1ccccc1F. The van der Waals surface area contributed by atoms with E-state index < -0.39 is 15.8 Å². The maximum atomic E-state index is 13.6. The number of para-hydroxylation sites is 1. The van der Waals surface area contributed by atoms with Crippen molar-refractivity contribution < 1.29 is 12.8 Å². The summed E-state index contributed by atoms with van der Waals surface area (Å²) in [7, 11) is -2.56. The van der Waals surface area contributed by atoms with Gasteiger partial charge in [-0.15, -0.1) is 0 Å². The Balaban J connectivity index is 2.52. The molecule has 0 aliphatic heterocycles. The molecule has 0 spiro atoms. The summed E-state index contributed by atoms with van der Waals surface area (Å²) >= 11 is 0.865. The molecule has 0 fully saturated rings. The lowest BCUT2D eigenvalue weighted by Gasteiger charge is -2.19. The maximum absolute atomic E-state index is 13.6. The van der Waals surface area contributed by atoms with Gasteiger partial charge in [-0.05, 0) is 19.1 Å². The van der Waals surface area contributed by atoms with Gasteiger partial charge in [-0.2, -0.15) is 0 Å². The van der Waals surface area contributed by atoms with Gasteiger partial charge in [-0.3, -0.25) is 4.31 Å². The number of aryl methyl sites for hydroxylation is 1. The van der Waals surface area contributed by atoms with Crippen molar-refractivity contribution in [3.63, 3.8) is 0 Å². The van der Waals surface area contributed by atoms with Crippen LogP contribution in [0.3, 0.4) is 0 Å². The minimum Gasteiger partial charge on any atom is -0.375 e. The highest BCUT2D eigenvalue weighted by Gasteiger charge is 2.27. The highest BCUT2D eigenvalue weighted by Crippen LogP contribution is 2.30. The van der Waals surface area contributed by atoms with Gasteiger partial charge in [0, 0.05) is 7.05 Å². The monoisotopic (exact) mass is 301 g/mol. The van der Waals surface area contributed by atoms with E-state index in [0.717, 1.165) is 15.6 Å². The molecule has 102 valence electrons. The molecule has 1 aromatic carbocycles. The van der Waals surface area contributed by atoms with E-state index in [4.69, 9.17) is 5.73 Å². The third kappa shape index (κ3) is 2.41. The van der Waals surface area contributed by atoms with Crippen LogP contribution in [0.2, 0.25) is 0 Å². The van der Waals surface area contributed by atoms with Crippen LogP contribution in [0.4, 0.5) is 15.2 Å². The number of hydrogen-bond donors (Lipinski definition) is 1. The average molecular weight is 301 g/mol. The fraction of sp³-hybridized carbons (Fsp3) is 0.182. The summed E-state index contributed by atoms with van der Waals surface area (Å²) in [6.45, 7) is 1.55. The first-order chi connectivity index (χ1) is 8.84. The summed E-state index contributed by atoms with van der Waals surface area (Å²) in [4.78, 5) is 3.87. The van der Waals surface area contributed by atoms with Gasteiger partial charge >= 0.3 is 0 Å². The zero-order valence-electron chi connectivity index (χ0n) is 10.3. The molecule has 0 aliphatic rings. The summed E-state index contributed by atoms with van der Waals surface area (Å²) < 4.78 is 39.4. The molecular weight excluding hydrogens is 289 g/mol. The number of aromatic nitrogens is 1. The van der Waals surface area contributed by atoms with Gasteiger partial charge in [-0.25, -0.2) is 17.8 Å². The standard InChI is InChI=1S/C11H12FN3O2S2/c1-7-10(18-11(13)14-7)19(16,17)15(2)9-6-4-3-5-8(9)12/h3-6H,1-2H3,(H2,13,14). The van der Waals surface area contributed by atoms with Crippen molar-refractivity contribution in [2.24, 2.45) is 0 Å². The second-order valence-corrected chi connectivity index (χ2v) is 7.04. The van der Waals surface area contributed by atoms with Crippen LogP contribution in [0.5, 0.6) is 0 Å². The second kappa shape index (κ2) is 4.78. The minimum absolute atomic E-state index is 0.0196. The molecular formula is C11H12FN3O2S2. The van der Waals surface area contributed by atoms with E-state index in [1.165, 1.54) is 25.2 Å². The molecule has 2 aromatic rings. The van der Waals surface area contributed by atoms with Crippen molar-refractivity contribution in [2.75, 3.05) is 17.1 Å². The van der Waals surface area contributed by atoms with Gasteiger partial charge in [0.25, 0.3) is 10.0 Å². The van der Waals surface area contributed by atoms with Crippen LogP contribution in [0.25, 0.3) is 0 Å². The quantitative estimate of drug-likeness (QED) is 0.940. The topological polar surface area (TPSA) is 76.3 Å². The van der Waals surface area contributed by atoms with Crippen LogP contribution in [-0.2, 0) is 10.0 Å². The van der Waals surface area contributed by atoms with Gasteiger partial charge in [0.2, 0.25) is 0 Å². The Hall–Kier alpha value is -1.67. The summed E-state index contributed by atoms with van der Waals surface area (Å²) in [5.41, 5.74) is 5.79. The Morgan fingerprint density at radius 1 is 1.37 bits per heavy atom. The van der Waals surface area contributed by atoms with Crippen LogP contribution < -0.4 is 10.0 Å². The van der Waals surface area contributed by atoms with Crippen molar-refractivity contribution in [3.05, 3.63) is 35.8 Å². The summed E-state index contributed by atoms with van der Waals surface area (Å²) in [5.74, 6) is -0.608. The second-order valence-electron chi connectivity index (χ2n) is 3.85. The number of anilines is 2. The van der Waals surface area contributed by atoms with Crippen LogP contribution in [0, 0.1) is 12.7 Å². The predicted octanol–water partition coefficient (Wildman–Crippen LogP) is 2.00. The molecule has 0 saturated heterocycles. The van der Waals surface area contributed by atoms with Crippen molar-refractivity contribution in [1.29, 1.82) is 0 Å². The fourth-order valence-corrected chi connectivity index (χ4v) is 4.26. The Morgan fingerprint density at radius 3 is 2.53 bits per heavy atom. The van der Waals surface area contributed by atoms with E-state index in [0.29, 0.717) is 5.69 Å². The molecule has 0 atom stereocenters. The molecule has 0 unspecified atom stereocenters. The zero-order chi connectivity index (χ0) is 14.2. The molecule has 19 heavy (non-hydrogen) atoms. The van der Waals surface area contributed by atoms with E-state index in [9.17, 15) is 12.8 Å². The Labute approximate surface area is 114 Å². The Kier molecular flexibility index (Phi) is 3.46. The van der Waals surface area contributed by atoms with Crippen LogP contribution >= 0.6 is 11.3 Å². The van der Waals surface area contributed by atoms with Gasteiger partial charge in [-0.1, -0.05) is 23.5 Å². The van der Waals surface area contributed by atoms with Gasteiger partial charge in [0.1, 0.15) is 5.82 Å². The number of benzene rings is 1. The van der Waals surface area contributed by atoms with E-state index in [1.807, 2.05) is 0 Å². The highest BCUT2D eigenvalue weighted by molar-refractivity contribution is 7.94. The van der Waals surface area contributed by atoms with Crippen molar-refractivity contribution in [1.82, 2.24) is 4.98 Å². The van der Waals surface area contributed by atoms with Crippen molar-refractivity contribution in [3.8, 4) is 0 Å². The Bertz CT molecular complexity index is 712. The largest absolute Gasteiger partial charge is 0.375 e. The van der Waals surface area contributed by atoms with E-state index >= 15 is 0 Å². The smallest absolute Gasteiger partial charge is 0.275 e. The fourth-order valence-electron chi connectivity index (χ4n) is 1.60. The third-order valence-electron chi connectivity index (χ3n) is 2.56. The first kappa shape index (κ1) is 13.8. The molecule has 5 nitrogen and oxygen atoms in total. The third-order valence-corrected chi connectivity index (χ3v) is 5.90. The van der Waals surface area contributed by atoms with Gasteiger partial charge in [0.05, 0.1) is 11.4 Å². The highest BCUT2D eigenvalue weighted by atomic mass is 32.2. The number of nitrogen functional groups attached to an aromatic ring is 1. The molecule has 8 heteroatoms. The van der Waals surface area contributed by atoms with Gasteiger partial charge in [0.15, 0.2) is 9.34 Å². The number of nitrogens with zero attached hydrogens (tertiary/aromatic N) is 2. The van der Waals surface area contributed by atoms with Crippen molar-refractivity contribution >= 4 is 32.2 Å². The molecule has 0 amide bonds. The first-order valence-corrected chi connectivity index (χ1v) is 7.56. The normalized spacial score (nSPS) is 11.5. The predicted molar refractivity (Wildman–Crippen MR) is 73.3 cm³/mol. The Morgan fingerprint density at radius 2 is 2.00 bits per heavy atom. The number of hydrogen-bond acceptors (Lipinski definition) is 5. The van der Waals surface area contributed by atoms with Gasteiger partial charge < -0.3 is 5.73 Å². The van der Waals surface area contributed by atoms with Crippen molar-refractivity contribution in [2.45, 2.75) is 11.1 Å². The number of thiazole rings is 1. The molecule has 0 saturated carbocycles. The minimum atomic E-state index is -3.86. The average Bonchev–Trinajstić information content (AvgIpc) is 2.69. The number of rotatable bonds is 3. The number of halogens is 1. The summed E-state index contributed by atoms with van der Waals surface area (Å²) in [6, 6.07) is 5.66. The summed E-state index contributed by atoms with van der Waals surface area (Å²) in [6.07, 6.45) is 0. The number of nitrogens with two attached hydrogens (primary N) is 1. The lowest BCUT2D eigenvalue weighted by molar-refractivity contribution is 0.591. The molecule has 0 aliphatic carbocycles. The molecule has 2 rings (SSSR count). The lowest BCUT2D eigenvalue weighted by atomic mass is 10.3. The van der Waals surface area contributed by atoms with Crippen LogP contribution in [0.1, 0.15) is 5.69 Å². The number of sulfonamides is 1. The van der Waals surface area contributed by atoms with E-state index in [-0.39, 0.29) is 15.0 Å². The molecule has 1 aromatic heterocycles. The first-order valence-electron chi connectivity index (χ1n) is 5.30. The maximum Gasteiger partial charge on any atom is 0.275 e. The van der Waals surface area contributed by atoms with E-state index in [2.05, 4.69) is 4.98 Å². The molecule has 0 radical (unpaired) electrons. The molecule has 0 bridgehead atoms. The zero-order valence-corrected chi connectivity index (χ0v) is 11.9. The van der Waals surface area contributed by atoms with Crippen LogP contribution in [0.15, 0.2) is 28.5 Å². The lowest BCUT2D eigenvalue weighted by Crippen LogP contribution is -2.27. The molecule has 1 heterocycles.